The molecule has 0 spiro atoms. The van der Waals surface area contributed by atoms with Crippen LogP contribution < -0.4 is 10.5 Å². The molecule has 0 saturated carbocycles. The normalized spacial score (nSPS) is 17.1. The van der Waals surface area contributed by atoms with Crippen molar-refractivity contribution in [3.8, 4) is 11.3 Å². The van der Waals surface area contributed by atoms with Crippen LogP contribution in [0.25, 0.3) is 16.9 Å². The number of pyridine rings is 1. The molecule has 1 saturated heterocycles. The summed E-state index contributed by atoms with van der Waals surface area (Å²) in [7, 11) is -8.45. The molecule has 3 N–H and O–H groups in total. The zero-order chi connectivity index (χ0) is 21.8. The van der Waals surface area contributed by atoms with Crippen molar-refractivity contribution in [3.05, 3.63) is 48.3 Å². The van der Waals surface area contributed by atoms with Crippen LogP contribution in [0.3, 0.4) is 0 Å². The largest absolute Gasteiger partial charge is 0.314 e. The number of hydrogen-bond donors (Lipinski definition) is 2. The van der Waals surface area contributed by atoms with Crippen molar-refractivity contribution in [1.29, 1.82) is 0 Å². The van der Waals surface area contributed by atoms with Crippen molar-refractivity contribution in [2.75, 3.05) is 19.8 Å². The number of amidine groups is 1. The maximum atomic E-state index is 13.2. The van der Waals surface area contributed by atoms with Crippen LogP contribution in [0.4, 0.5) is 0 Å². The van der Waals surface area contributed by atoms with Crippen molar-refractivity contribution in [2.24, 2.45) is 20.4 Å². The summed E-state index contributed by atoms with van der Waals surface area (Å²) in [6.07, 6.45) is 3.33. The third-order valence-corrected chi connectivity index (χ3v) is 8.55. The van der Waals surface area contributed by atoms with Gasteiger partial charge in [0.2, 0.25) is 10.0 Å². The Labute approximate surface area is 177 Å². The van der Waals surface area contributed by atoms with E-state index in [4.69, 9.17) is 5.14 Å². The number of fused-ring (bicyclic) bond motifs is 1. The lowest BCUT2D eigenvalue weighted by Crippen LogP contribution is -2.51. The number of sulfonamides is 1. The molecule has 11 nitrogen and oxygen atoms in total. The SMILES string of the molecule is NS(=O)(=O)c1c(S(=O)(=O)C2CNC2)ccc(-c2cnc3ccccn23)c1C1=NCN=N1. The molecule has 5 rings (SSSR count). The number of benzene rings is 1. The minimum absolute atomic E-state index is 0.00256. The van der Waals surface area contributed by atoms with Gasteiger partial charge in [0.25, 0.3) is 0 Å². The summed E-state index contributed by atoms with van der Waals surface area (Å²) in [5.41, 5.74) is 1.55. The summed E-state index contributed by atoms with van der Waals surface area (Å²) in [5.74, 6) is 0.00805. The number of aromatic nitrogens is 2. The average Bonchev–Trinajstić information content (AvgIpc) is 3.34. The summed E-state index contributed by atoms with van der Waals surface area (Å²) < 4.78 is 53.6. The molecule has 31 heavy (non-hydrogen) atoms. The molecule has 2 aliphatic rings. The number of rotatable bonds is 5. The van der Waals surface area contributed by atoms with E-state index in [9.17, 15) is 16.8 Å². The fourth-order valence-corrected chi connectivity index (χ4v) is 6.84. The number of nitrogens with two attached hydrogens (primary N) is 1. The lowest BCUT2D eigenvalue weighted by atomic mass is 10.0. The molecule has 1 aromatic carbocycles. The van der Waals surface area contributed by atoms with Crippen LogP contribution in [0.5, 0.6) is 0 Å². The van der Waals surface area contributed by atoms with Gasteiger partial charge >= 0.3 is 0 Å². The molecular weight excluding hydrogens is 442 g/mol. The number of azo groups is 1. The predicted octanol–water partition coefficient (Wildman–Crippen LogP) is 0.564. The molecule has 0 radical (unpaired) electrons. The summed E-state index contributed by atoms with van der Waals surface area (Å²) in [4.78, 5) is 7.61. The van der Waals surface area contributed by atoms with Crippen molar-refractivity contribution >= 4 is 31.3 Å². The van der Waals surface area contributed by atoms with Gasteiger partial charge in [0.15, 0.2) is 22.3 Å². The number of aliphatic imine (C=N–C) groups is 1. The minimum Gasteiger partial charge on any atom is -0.314 e. The summed E-state index contributed by atoms with van der Waals surface area (Å²) >= 11 is 0. The molecule has 1 fully saturated rings. The number of imidazole rings is 1. The highest BCUT2D eigenvalue weighted by Gasteiger charge is 2.39. The van der Waals surface area contributed by atoms with E-state index in [0.29, 0.717) is 16.9 Å². The van der Waals surface area contributed by atoms with Crippen LogP contribution in [0.2, 0.25) is 0 Å². The molecular formula is C18H17N7O4S2. The third kappa shape index (κ3) is 3.17. The van der Waals surface area contributed by atoms with Crippen LogP contribution in [0.15, 0.2) is 67.7 Å². The van der Waals surface area contributed by atoms with Crippen LogP contribution in [0, 0.1) is 0 Å². The van der Waals surface area contributed by atoms with Gasteiger partial charge < -0.3 is 5.32 Å². The first kappa shape index (κ1) is 19.9. The fraction of sp³-hybridized carbons (Fsp3) is 0.222. The Morgan fingerprint density at radius 2 is 1.90 bits per heavy atom. The summed E-state index contributed by atoms with van der Waals surface area (Å²) in [6.45, 7) is 0.476. The number of sulfone groups is 1. The highest BCUT2D eigenvalue weighted by atomic mass is 32.2. The van der Waals surface area contributed by atoms with Crippen LogP contribution in [-0.2, 0) is 19.9 Å². The molecule has 3 aromatic rings. The predicted molar refractivity (Wildman–Crippen MR) is 112 cm³/mol. The lowest BCUT2D eigenvalue weighted by molar-refractivity contribution is 0.493. The average molecular weight is 460 g/mol. The summed E-state index contributed by atoms with van der Waals surface area (Å²) in [5, 5.41) is 15.5. The highest BCUT2D eigenvalue weighted by Crippen LogP contribution is 2.36. The minimum atomic E-state index is -4.48. The van der Waals surface area contributed by atoms with E-state index in [1.807, 2.05) is 6.07 Å². The summed E-state index contributed by atoms with van der Waals surface area (Å²) in [6, 6.07) is 8.23. The van der Waals surface area contributed by atoms with Gasteiger partial charge in [-0.05, 0) is 18.2 Å². The van der Waals surface area contributed by atoms with E-state index in [1.54, 1.807) is 28.9 Å². The van der Waals surface area contributed by atoms with E-state index in [-0.39, 0.29) is 36.1 Å². The standard InChI is InChI=1S/C18H17N7O4S2/c19-31(28,29)17-14(30(26,27)11-7-20-8-11)5-4-12(16(17)18-22-10-23-24-18)13-9-21-15-3-1-2-6-25(13)15/h1-6,9,11,20H,7-8,10H2,(H2,19,28,29). The quantitative estimate of drug-likeness (QED) is 0.567. The zero-order valence-electron chi connectivity index (χ0n) is 16.0. The molecule has 160 valence electrons. The Hall–Kier alpha value is -3.00. The Morgan fingerprint density at radius 3 is 2.55 bits per heavy atom. The van der Waals surface area contributed by atoms with Gasteiger partial charge in [-0.1, -0.05) is 12.1 Å². The smallest absolute Gasteiger partial charge is 0.240 e. The third-order valence-electron chi connectivity index (χ3n) is 5.26. The second-order valence-corrected chi connectivity index (χ2v) is 10.8. The number of nitrogens with zero attached hydrogens (tertiary/aromatic N) is 5. The van der Waals surface area contributed by atoms with Gasteiger partial charge in [-0.25, -0.2) is 32.0 Å². The van der Waals surface area contributed by atoms with E-state index in [0.717, 1.165) is 0 Å². The molecule has 2 aliphatic heterocycles. The van der Waals surface area contributed by atoms with Gasteiger partial charge in [-0.15, -0.1) is 5.11 Å². The highest BCUT2D eigenvalue weighted by molar-refractivity contribution is 7.94. The van der Waals surface area contributed by atoms with Gasteiger partial charge in [0.05, 0.1) is 27.6 Å². The lowest BCUT2D eigenvalue weighted by Gasteiger charge is -2.28. The first-order chi connectivity index (χ1) is 14.8. The number of nitrogens with one attached hydrogen (secondary N) is 1. The van der Waals surface area contributed by atoms with Crippen molar-refractivity contribution in [1.82, 2.24) is 14.7 Å². The van der Waals surface area contributed by atoms with E-state index in [1.165, 1.54) is 12.1 Å². The Morgan fingerprint density at radius 1 is 1.10 bits per heavy atom. The topological polar surface area (TPSA) is 161 Å². The number of primary sulfonamides is 1. The van der Waals surface area contributed by atoms with Crippen LogP contribution in [-0.4, -0.2) is 57.1 Å². The maximum Gasteiger partial charge on any atom is 0.240 e. The zero-order valence-corrected chi connectivity index (χ0v) is 17.6. The van der Waals surface area contributed by atoms with E-state index < -0.39 is 30.0 Å². The first-order valence-electron chi connectivity index (χ1n) is 9.27. The molecule has 0 bridgehead atoms. The molecule has 2 aromatic heterocycles. The van der Waals surface area contributed by atoms with Crippen LogP contribution in [0.1, 0.15) is 5.56 Å². The maximum absolute atomic E-state index is 13.2. The Balaban J connectivity index is 1.88. The number of hydrogen-bond acceptors (Lipinski definition) is 9. The van der Waals surface area contributed by atoms with Gasteiger partial charge in [0, 0.05) is 24.8 Å². The van der Waals surface area contributed by atoms with Crippen LogP contribution >= 0.6 is 0 Å². The van der Waals surface area contributed by atoms with Gasteiger partial charge in [0.1, 0.15) is 10.5 Å². The Bertz CT molecular complexity index is 1490. The van der Waals surface area contributed by atoms with Crippen molar-refractivity contribution in [3.63, 3.8) is 0 Å². The fourth-order valence-electron chi connectivity index (χ4n) is 3.66. The van der Waals surface area contributed by atoms with Crippen molar-refractivity contribution in [2.45, 2.75) is 15.0 Å². The second kappa shape index (κ2) is 7.02. The van der Waals surface area contributed by atoms with E-state index in [2.05, 4.69) is 25.5 Å². The van der Waals surface area contributed by atoms with Crippen molar-refractivity contribution < 1.29 is 16.8 Å². The monoisotopic (exact) mass is 459 g/mol. The molecule has 0 amide bonds. The van der Waals surface area contributed by atoms with Gasteiger partial charge in [-0.3, -0.25) is 4.40 Å². The van der Waals surface area contributed by atoms with Gasteiger partial charge in [-0.2, -0.15) is 5.11 Å². The molecule has 0 aliphatic carbocycles. The first-order valence-corrected chi connectivity index (χ1v) is 12.4. The van der Waals surface area contributed by atoms with E-state index >= 15 is 0 Å². The second-order valence-electron chi connectivity index (χ2n) is 7.12. The Kier molecular flexibility index (Phi) is 4.51. The molecule has 0 unspecified atom stereocenters. The molecule has 0 atom stereocenters. The molecule has 13 heteroatoms. The molecule has 4 heterocycles.